The van der Waals surface area contributed by atoms with Gasteiger partial charge in [-0.25, -0.2) is 0 Å². The fourth-order valence-electron chi connectivity index (χ4n) is 3.68. The van der Waals surface area contributed by atoms with Gasteiger partial charge in [0.1, 0.15) is 0 Å². The number of hydrogen-bond acceptors (Lipinski definition) is 6. The number of rotatable bonds is 21. The van der Waals surface area contributed by atoms with Gasteiger partial charge in [0.2, 0.25) is 0 Å². The maximum atomic E-state index is 12.3. The third kappa shape index (κ3) is 18.8. The molecule has 1 amide bonds. The molecular formula is C24H46N3O5P. The van der Waals surface area contributed by atoms with E-state index >= 15 is 0 Å². The predicted molar refractivity (Wildman–Crippen MR) is 135 cm³/mol. The number of hydrogen-bond donors (Lipinski definition) is 5. The fourth-order valence-corrected chi connectivity index (χ4v) is 4.10. The molecule has 1 rings (SSSR count). The van der Waals surface area contributed by atoms with Crippen molar-refractivity contribution in [1.82, 2.24) is 15.3 Å². The number of H-pyrrole nitrogens is 1. The van der Waals surface area contributed by atoms with Crippen molar-refractivity contribution in [1.29, 1.82) is 0 Å². The summed E-state index contributed by atoms with van der Waals surface area (Å²) in [6.07, 6.45) is 24.4. The van der Waals surface area contributed by atoms with Crippen molar-refractivity contribution in [3.8, 4) is 0 Å². The van der Waals surface area contributed by atoms with Crippen molar-refractivity contribution in [2.45, 2.75) is 109 Å². The SMILES string of the molecule is CCCCCCCC/C=C\CCCCCCCC(=O)N[C@@H](CO[PH](O)(O)O)Cc1c[nH]cn1. The number of imidazole rings is 1. The van der Waals surface area contributed by atoms with Gasteiger partial charge in [0.05, 0.1) is 0 Å². The zero-order chi connectivity index (χ0) is 24.2. The van der Waals surface area contributed by atoms with Crippen LogP contribution in [0, 0.1) is 0 Å². The van der Waals surface area contributed by atoms with Gasteiger partial charge in [0, 0.05) is 0 Å². The van der Waals surface area contributed by atoms with Crippen LogP contribution < -0.4 is 5.32 Å². The Bertz CT molecular complexity index is 620. The van der Waals surface area contributed by atoms with Gasteiger partial charge in [-0.05, 0) is 12.8 Å². The summed E-state index contributed by atoms with van der Waals surface area (Å²) in [5.41, 5.74) is 0.714. The van der Waals surface area contributed by atoms with Gasteiger partial charge >= 0.3 is 136 Å². The summed E-state index contributed by atoms with van der Waals surface area (Å²) in [7, 11) is -4.62. The number of nitrogens with zero attached hydrogens (tertiary/aromatic N) is 1. The first-order valence-corrected chi connectivity index (χ1v) is 14.4. The molecule has 1 heterocycles. The van der Waals surface area contributed by atoms with E-state index in [4.69, 9.17) is 19.2 Å². The molecule has 192 valence electrons. The number of nitrogens with one attached hydrogen (secondary N) is 2. The first-order chi connectivity index (χ1) is 15.9. The molecule has 0 spiro atoms. The second kappa shape index (κ2) is 19.0. The Balaban J connectivity index is 2.06. The monoisotopic (exact) mass is 487 g/mol. The zero-order valence-electron chi connectivity index (χ0n) is 20.3. The molecule has 1 aromatic heterocycles. The molecule has 0 saturated carbocycles. The molecule has 0 aliphatic carbocycles. The Morgan fingerprint density at radius 1 is 1.03 bits per heavy atom. The van der Waals surface area contributed by atoms with Crippen molar-refractivity contribution in [2.24, 2.45) is 0 Å². The van der Waals surface area contributed by atoms with Crippen LogP contribution in [-0.4, -0.2) is 43.2 Å². The summed E-state index contributed by atoms with van der Waals surface area (Å²) in [6, 6.07) is -0.498. The predicted octanol–water partition coefficient (Wildman–Crippen LogP) is 4.88. The molecule has 9 heteroatoms. The van der Waals surface area contributed by atoms with Gasteiger partial charge < -0.3 is 0 Å². The molecule has 33 heavy (non-hydrogen) atoms. The molecule has 0 bridgehead atoms. The number of aromatic nitrogens is 2. The Hall–Kier alpha value is -1.31. The number of aromatic amines is 1. The van der Waals surface area contributed by atoms with Crippen molar-refractivity contribution >= 4 is 14.1 Å². The third-order valence-corrected chi connectivity index (χ3v) is 6.07. The Morgan fingerprint density at radius 2 is 1.64 bits per heavy atom. The number of allylic oxidation sites excluding steroid dienone is 2. The van der Waals surface area contributed by atoms with Crippen LogP contribution in [-0.2, 0) is 15.7 Å². The van der Waals surface area contributed by atoms with Gasteiger partial charge in [0.15, 0.2) is 0 Å². The molecule has 8 nitrogen and oxygen atoms in total. The first-order valence-electron chi connectivity index (χ1n) is 12.6. The van der Waals surface area contributed by atoms with E-state index in [2.05, 4.69) is 34.4 Å². The maximum absolute atomic E-state index is 12.3. The average Bonchev–Trinajstić information content (AvgIpc) is 3.27. The first kappa shape index (κ1) is 29.7. The summed E-state index contributed by atoms with van der Waals surface area (Å²) < 4.78 is 4.72. The van der Waals surface area contributed by atoms with Crippen LogP contribution in [0.25, 0.3) is 0 Å². The van der Waals surface area contributed by atoms with Crippen LogP contribution in [0.4, 0.5) is 0 Å². The van der Waals surface area contributed by atoms with Gasteiger partial charge in [-0.3, -0.25) is 0 Å². The van der Waals surface area contributed by atoms with Crippen LogP contribution in [0.15, 0.2) is 24.7 Å². The van der Waals surface area contributed by atoms with Gasteiger partial charge in [-0.15, -0.1) is 0 Å². The van der Waals surface area contributed by atoms with Crippen LogP contribution >= 0.6 is 8.17 Å². The summed E-state index contributed by atoms with van der Waals surface area (Å²) >= 11 is 0. The van der Waals surface area contributed by atoms with Crippen LogP contribution in [0.5, 0.6) is 0 Å². The minimum atomic E-state index is -4.62. The van der Waals surface area contributed by atoms with E-state index in [1.54, 1.807) is 6.20 Å². The van der Waals surface area contributed by atoms with Crippen molar-refractivity contribution in [3.05, 3.63) is 30.4 Å². The average molecular weight is 488 g/mol. The third-order valence-electron chi connectivity index (χ3n) is 5.52. The molecule has 0 aliphatic rings. The summed E-state index contributed by atoms with van der Waals surface area (Å²) in [6.45, 7) is 2.06. The quantitative estimate of drug-likeness (QED) is 0.0955. The Labute approximate surface area is 199 Å². The molecule has 0 fully saturated rings. The molecule has 0 aliphatic heterocycles. The van der Waals surface area contributed by atoms with E-state index in [0.717, 1.165) is 25.7 Å². The zero-order valence-corrected chi connectivity index (χ0v) is 21.3. The van der Waals surface area contributed by atoms with Crippen molar-refractivity contribution in [2.75, 3.05) is 6.61 Å². The molecule has 5 N–H and O–H groups in total. The van der Waals surface area contributed by atoms with Crippen LogP contribution in [0.3, 0.4) is 0 Å². The topological polar surface area (TPSA) is 128 Å². The van der Waals surface area contributed by atoms with Gasteiger partial charge in [-0.1, -0.05) is 51.2 Å². The second-order valence-electron chi connectivity index (χ2n) is 8.75. The van der Waals surface area contributed by atoms with E-state index < -0.39 is 14.2 Å². The molecule has 1 atom stereocenters. The van der Waals surface area contributed by atoms with E-state index in [1.165, 1.54) is 64.1 Å². The standard InChI is InChI=1S/C24H46N3O5P/c1-2-3-4-5-6-7-8-9-10-11-12-13-14-15-16-17-24(28)27-23(20-32-33(29,30)31)18-22-19-25-21-26-22/h9-10,19,21,23,29-31,33H,2-8,11-18,20H2,1H3,(H,25,26)(H,27,28)/b10-9-/t23-/m1/s1. The van der Waals surface area contributed by atoms with Crippen LogP contribution in [0.2, 0.25) is 0 Å². The van der Waals surface area contributed by atoms with E-state index in [0.29, 0.717) is 18.5 Å². The summed E-state index contributed by atoms with van der Waals surface area (Å²) in [5.74, 6) is -0.113. The van der Waals surface area contributed by atoms with Crippen LogP contribution in [0.1, 0.15) is 103 Å². The van der Waals surface area contributed by atoms with Gasteiger partial charge in [0.25, 0.3) is 0 Å². The van der Waals surface area contributed by atoms with E-state index in [1.807, 2.05) is 0 Å². The Morgan fingerprint density at radius 3 is 2.21 bits per heavy atom. The summed E-state index contributed by atoms with van der Waals surface area (Å²) in [5, 5.41) is 2.84. The Kier molecular flexibility index (Phi) is 17.2. The second-order valence-corrected chi connectivity index (χ2v) is 10.2. The fraction of sp³-hybridized carbons (Fsp3) is 0.750. The molecule has 0 unspecified atom stereocenters. The number of unbranched alkanes of at least 4 members (excludes halogenated alkanes) is 11. The molecule has 0 saturated heterocycles. The molecule has 0 radical (unpaired) electrons. The van der Waals surface area contributed by atoms with Gasteiger partial charge in [-0.2, -0.15) is 0 Å². The van der Waals surface area contributed by atoms with Crippen molar-refractivity contribution < 1.29 is 24.0 Å². The normalized spacial score (nSPS) is 13.5. The molecular weight excluding hydrogens is 441 g/mol. The molecule has 0 aromatic carbocycles. The van der Waals surface area contributed by atoms with Crippen molar-refractivity contribution in [3.63, 3.8) is 0 Å². The minimum absolute atomic E-state index is 0.113. The van der Waals surface area contributed by atoms with E-state index in [9.17, 15) is 4.79 Å². The number of amides is 1. The summed E-state index contributed by atoms with van der Waals surface area (Å²) in [4.78, 5) is 46.4. The number of carbonyl (C=O) groups is 1. The molecule has 1 aromatic rings. The van der Waals surface area contributed by atoms with E-state index in [-0.39, 0.29) is 12.5 Å². The number of carbonyl (C=O) groups excluding carboxylic acids is 1.